The molecule has 1 aromatic carbocycles. The van der Waals surface area contributed by atoms with Crippen LogP contribution in [0.4, 0.5) is 24.5 Å². The summed E-state index contributed by atoms with van der Waals surface area (Å²) in [5, 5.41) is 3.23. The predicted molar refractivity (Wildman–Crippen MR) is 83.1 cm³/mol. The largest absolute Gasteiger partial charge is 0.471 e. The number of benzene rings is 1. The highest BCUT2D eigenvalue weighted by Crippen LogP contribution is 2.27. The molecule has 1 aromatic rings. The normalized spacial score (nSPS) is 14.3. The van der Waals surface area contributed by atoms with E-state index in [1.807, 2.05) is 13.8 Å². The molecular formula is C16H23F3N2O. The number of carbonyl (C=O) groups excluding carboxylic acids is 1. The fourth-order valence-corrected chi connectivity index (χ4v) is 2.00. The van der Waals surface area contributed by atoms with E-state index >= 15 is 0 Å². The maximum atomic E-state index is 12.8. The number of halogens is 3. The lowest BCUT2D eigenvalue weighted by atomic mass is 10.1. The summed E-state index contributed by atoms with van der Waals surface area (Å²) in [5.41, 5.74) is 1.08. The van der Waals surface area contributed by atoms with Crippen LogP contribution in [0.3, 0.4) is 0 Å². The number of amides is 1. The molecule has 0 unspecified atom stereocenters. The SMILES string of the molecule is CC[C@H](C)Nc1ccc(N(C(=O)C(F)(F)F)[C@@H](C)CC)cc1. The maximum Gasteiger partial charge on any atom is 0.471 e. The second-order valence-corrected chi connectivity index (χ2v) is 5.43. The second kappa shape index (κ2) is 7.51. The first-order valence-electron chi connectivity index (χ1n) is 7.47. The van der Waals surface area contributed by atoms with Gasteiger partial charge in [-0.05, 0) is 51.0 Å². The lowest BCUT2D eigenvalue weighted by Crippen LogP contribution is -2.46. The summed E-state index contributed by atoms with van der Waals surface area (Å²) in [6.45, 7) is 7.42. The number of alkyl halides is 3. The Balaban J connectivity index is 3.03. The van der Waals surface area contributed by atoms with Crippen molar-refractivity contribution in [3.8, 4) is 0 Å². The Morgan fingerprint density at radius 3 is 2.09 bits per heavy atom. The monoisotopic (exact) mass is 316 g/mol. The van der Waals surface area contributed by atoms with Gasteiger partial charge in [0.05, 0.1) is 0 Å². The fraction of sp³-hybridized carbons (Fsp3) is 0.562. The molecule has 1 amide bonds. The smallest absolute Gasteiger partial charge is 0.383 e. The molecule has 6 heteroatoms. The standard InChI is InChI=1S/C16H23F3N2O/c1-5-11(3)20-13-7-9-14(10-8-13)21(12(4)6-2)15(22)16(17,18)19/h7-12,20H,5-6H2,1-4H3/t11-,12-/m0/s1. The average Bonchev–Trinajstić information content (AvgIpc) is 2.47. The van der Waals surface area contributed by atoms with E-state index in [9.17, 15) is 18.0 Å². The van der Waals surface area contributed by atoms with Gasteiger partial charge in [0.2, 0.25) is 0 Å². The first-order valence-corrected chi connectivity index (χ1v) is 7.47. The van der Waals surface area contributed by atoms with Crippen LogP contribution < -0.4 is 10.2 Å². The van der Waals surface area contributed by atoms with E-state index in [2.05, 4.69) is 5.32 Å². The van der Waals surface area contributed by atoms with Crippen LogP contribution in [0, 0.1) is 0 Å². The van der Waals surface area contributed by atoms with E-state index < -0.39 is 18.1 Å². The number of hydrogen-bond donors (Lipinski definition) is 1. The summed E-state index contributed by atoms with van der Waals surface area (Å²) < 4.78 is 38.3. The Morgan fingerprint density at radius 1 is 1.14 bits per heavy atom. The Hall–Kier alpha value is -1.72. The Morgan fingerprint density at radius 2 is 1.68 bits per heavy atom. The Labute approximate surface area is 129 Å². The van der Waals surface area contributed by atoms with Crippen LogP contribution in [-0.2, 0) is 4.79 Å². The predicted octanol–water partition coefficient (Wildman–Crippen LogP) is 4.59. The number of nitrogens with one attached hydrogen (secondary N) is 1. The molecule has 2 atom stereocenters. The van der Waals surface area contributed by atoms with Crippen LogP contribution in [0.1, 0.15) is 40.5 Å². The molecule has 0 spiro atoms. The summed E-state index contributed by atoms with van der Waals surface area (Å²) in [6, 6.07) is 6.22. The molecule has 1 rings (SSSR count). The van der Waals surface area contributed by atoms with Crippen molar-refractivity contribution in [1.29, 1.82) is 0 Å². The van der Waals surface area contributed by atoms with Gasteiger partial charge in [-0.1, -0.05) is 13.8 Å². The van der Waals surface area contributed by atoms with Crippen LogP contribution in [-0.4, -0.2) is 24.2 Å². The number of nitrogens with zero attached hydrogens (tertiary/aromatic N) is 1. The van der Waals surface area contributed by atoms with E-state index in [-0.39, 0.29) is 11.7 Å². The third-order valence-electron chi connectivity index (χ3n) is 3.66. The summed E-state index contributed by atoms with van der Waals surface area (Å²) >= 11 is 0. The zero-order chi connectivity index (χ0) is 16.9. The van der Waals surface area contributed by atoms with Gasteiger partial charge in [0.15, 0.2) is 0 Å². The minimum Gasteiger partial charge on any atom is -0.383 e. The molecule has 0 fully saturated rings. The van der Waals surface area contributed by atoms with Crippen molar-refractivity contribution in [3.63, 3.8) is 0 Å². The van der Waals surface area contributed by atoms with Gasteiger partial charge < -0.3 is 10.2 Å². The van der Waals surface area contributed by atoms with Crippen LogP contribution in [0.5, 0.6) is 0 Å². The first kappa shape index (κ1) is 18.3. The Bertz CT molecular complexity index is 485. The fourth-order valence-electron chi connectivity index (χ4n) is 2.00. The van der Waals surface area contributed by atoms with Gasteiger partial charge in [-0.2, -0.15) is 13.2 Å². The first-order chi connectivity index (χ1) is 10.2. The molecular weight excluding hydrogens is 293 g/mol. The summed E-state index contributed by atoms with van der Waals surface area (Å²) in [5.74, 6) is -1.83. The van der Waals surface area contributed by atoms with Crippen molar-refractivity contribution in [1.82, 2.24) is 0 Å². The lowest BCUT2D eigenvalue weighted by Gasteiger charge is -2.29. The second-order valence-electron chi connectivity index (χ2n) is 5.43. The van der Waals surface area contributed by atoms with Crippen LogP contribution in [0.2, 0.25) is 0 Å². The molecule has 0 bridgehead atoms. The summed E-state index contributed by atoms with van der Waals surface area (Å²) in [6.07, 6.45) is -3.50. The van der Waals surface area contributed by atoms with Crippen molar-refractivity contribution in [2.24, 2.45) is 0 Å². The molecule has 0 aliphatic heterocycles. The Kier molecular flexibility index (Phi) is 6.26. The zero-order valence-corrected chi connectivity index (χ0v) is 13.4. The average molecular weight is 316 g/mol. The van der Waals surface area contributed by atoms with Crippen molar-refractivity contribution in [2.45, 2.75) is 58.8 Å². The maximum absolute atomic E-state index is 12.8. The number of anilines is 2. The molecule has 0 aromatic heterocycles. The van der Waals surface area contributed by atoms with Gasteiger partial charge >= 0.3 is 12.1 Å². The topological polar surface area (TPSA) is 32.3 Å². The summed E-state index contributed by atoms with van der Waals surface area (Å²) in [4.78, 5) is 12.5. The van der Waals surface area contributed by atoms with Crippen molar-refractivity contribution in [3.05, 3.63) is 24.3 Å². The minimum atomic E-state index is -4.88. The summed E-state index contributed by atoms with van der Waals surface area (Å²) in [7, 11) is 0. The van der Waals surface area contributed by atoms with E-state index in [0.29, 0.717) is 6.42 Å². The molecule has 0 aliphatic carbocycles. The van der Waals surface area contributed by atoms with E-state index in [4.69, 9.17) is 0 Å². The molecule has 0 saturated carbocycles. The molecule has 0 aliphatic rings. The van der Waals surface area contributed by atoms with Gasteiger partial charge in [-0.15, -0.1) is 0 Å². The third-order valence-corrected chi connectivity index (χ3v) is 3.66. The minimum absolute atomic E-state index is 0.256. The lowest BCUT2D eigenvalue weighted by molar-refractivity contribution is -0.170. The van der Waals surface area contributed by atoms with Crippen LogP contribution in [0.25, 0.3) is 0 Å². The zero-order valence-electron chi connectivity index (χ0n) is 13.4. The quantitative estimate of drug-likeness (QED) is 0.832. The van der Waals surface area contributed by atoms with E-state index in [0.717, 1.165) is 17.0 Å². The number of rotatable bonds is 6. The van der Waals surface area contributed by atoms with E-state index in [1.54, 1.807) is 38.1 Å². The highest BCUT2D eigenvalue weighted by molar-refractivity contribution is 5.97. The van der Waals surface area contributed by atoms with Crippen LogP contribution >= 0.6 is 0 Å². The molecule has 0 radical (unpaired) electrons. The molecule has 1 N–H and O–H groups in total. The molecule has 3 nitrogen and oxygen atoms in total. The highest BCUT2D eigenvalue weighted by Gasteiger charge is 2.44. The molecule has 22 heavy (non-hydrogen) atoms. The van der Waals surface area contributed by atoms with Gasteiger partial charge in [0, 0.05) is 23.5 Å². The molecule has 0 saturated heterocycles. The van der Waals surface area contributed by atoms with Crippen molar-refractivity contribution >= 4 is 17.3 Å². The number of carbonyl (C=O) groups is 1. The van der Waals surface area contributed by atoms with Crippen LogP contribution in [0.15, 0.2) is 24.3 Å². The highest BCUT2D eigenvalue weighted by atomic mass is 19.4. The van der Waals surface area contributed by atoms with Gasteiger partial charge in [0.25, 0.3) is 0 Å². The van der Waals surface area contributed by atoms with Gasteiger partial charge in [-0.25, -0.2) is 0 Å². The van der Waals surface area contributed by atoms with E-state index in [1.165, 1.54) is 0 Å². The van der Waals surface area contributed by atoms with Gasteiger partial charge in [0.1, 0.15) is 0 Å². The van der Waals surface area contributed by atoms with Crippen molar-refractivity contribution in [2.75, 3.05) is 10.2 Å². The van der Waals surface area contributed by atoms with Gasteiger partial charge in [-0.3, -0.25) is 4.79 Å². The van der Waals surface area contributed by atoms with Crippen molar-refractivity contribution < 1.29 is 18.0 Å². The number of hydrogen-bond acceptors (Lipinski definition) is 2. The third kappa shape index (κ3) is 4.64. The molecule has 124 valence electrons. The molecule has 0 heterocycles.